The van der Waals surface area contributed by atoms with Gasteiger partial charge in [-0.15, -0.1) is 0 Å². The van der Waals surface area contributed by atoms with Gasteiger partial charge in [-0.1, -0.05) is 71.9 Å². The molecule has 5 amide bonds. The van der Waals surface area contributed by atoms with Crippen LogP contribution in [-0.4, -0.2) is 59.0 Å². The van der Waals surface area contributed by atoms with Crippen molar-refractivity contribution >= 4 is 41.2 Å². The van der Waals surface area contributed by atoms with E-state index in [9.17, 15) is 28.8 Å². The molecule has 1 aromatic carbocycles. The van der Waals surface area contributed by atoms with Crippen molar-refractivity contribution in [3.05, 3.63) is 42.0 Å². The lowest BCUT2D eigenvalue weighted by Crippen LogP contribution is -2.50. The topological polar surface area (TPSA) is 151 Å². The van der Waals surface area contributed by atoms with E-state index in [4.69, 9.17) is 4.74 Å². The summed E-state index contributed by atoms with van der Waals surface area (Å²) >= 11 is 0. The molecule has 0 radical (unpaired) electrons. The first-order valence-corrected chi connectivity index (χ1v) is 15.6. The zero-order chi connectivity index (χ0) is 33.5. The summed E-state index contributed by atoms with van der Waals surface area (Å²) in [6, 6.07) is 5.06. The molecule has 0 saturated carbocycles. The van der Waals surface area contributed by atoms with Gasteiger partial charge >= 0.3 is 5.97 Å². The Morgan fingerprint density at radius 3 is 1.86 bits per heavy atom. The number of hydrogen-bond donors (Lipinski definition) is 3. The summed E-state index contributed by atoms with van der Waals surface area (Å²) in [6.07, 6.45) is 9.98. The van der Waals surface area contributed by atoms with Gasteiger partial charge in [-0.2, -0.15) is 0 Å². The zero-order valence-electron chi connectivity index (χ0n) is 27.5. The predicted molar refractivity (Wildman–Crippen MR) is 178 cm³/mol. The van der Waals surface area contributed by atoms with Crippen LogP contribution in [0.25, 0.3) is 0 Å². The lowest BCUT2D eigenvalue weighted by Gasteiger charge is -2.18. The van der Waals surface area contributed by atoms with E-state index in [2.05, 4.69) is 29.8 Å². The second-order valence-corrected chi connectivity index (χ2v) is 10.2. The molecule has 252 valence electrons. The van der Waals surface area contributed by atoms with E-state index in [-0.39, 0.29) is 41.0 Å². The largest absolute Gasteiger partial charge is 0.461 e. The Bertz CT molecular complexity index is 1080. The van der Waals surface area contributed by atoms with Crippen LogP contribution in [-0.2, 0) is 40.1 Å². The van der Waals surface area contributed by atoms with Gasteiger partial charge in [-0.3, -0.25) is 33.7 Å². The highest BCUT2D eigenvalue weighted by Crippen LogP contribution is 2.11. The number of unbranched alkanes of at least 4 members (excludes halogenated alkanes) is 5. The maximum Gasteiger partial charge on any atom is 0.302 e. The Morgan fingerprint density at radius 1 is 0.795 bits per heavy atom. The molecule has 1 aliphatic heterocycles. The van der Waals surface area contributed by atoms with Crippen LogP contribution in [0.4, 0.5) is 5.69 Å². The number of ether oxygens (including phenoxy) is 1. The van der Waals surface area contributed by atoms with Crippen molar-refractivity contribution < 1.29 is 37.8 Å². The van der Waals surface area contributed by atoms with Crippen molar-refractivity contribution in [2.75, 3.05) is 11.9 Å². The maximum atomic E-state index is 12.4. The minimum absolute atomic E-state index is 0. The lowest BCUT2D eigenvalue weighted by atomic mass is 10.1. The molecule has 0 saturated heterocycles. The number of rotatable bonds is 16. The SMILES string of the molecule is CC.CC(=O)OCc1ccc(NC(=O)[C@H](C)NC(=O)[C@H](C)NC(=O)CCCCCN2C(=O)C=CC2=O)cc1.CCCCCC.[HH].[HH].[HH]. The summed E-state index contributed by atoms with van der Waals surface area (Å²) in [7, 11) is 0. The van der Waals surface area contributed by atoms with Gasteiger partial charge in [0.05, 0.1) is 0 Å². The van der Waals surface area contributed by atoms with Crippen LogP contribution in [0.1, 0.15) is 110 Å². The van der Waals surface area contributed by atoms with Gasteiger partial charge in [0.2, 0.25) is 17.7 Å². The van der Waals surface area contributed by atoms with E-state index >= 15 is 0 Å². The van der Waals surface area contributed by atoms with Crippen LogP contribution < -0.4 is 16.0 Å². The molecule has 1 aliphatic rings. The molecule has 0 unspecified atom stereocenters. The number of nitrogens with zero attached hydrogens (tertiary/aromatic N) is 1. The van der Waals surface area contributed by atoms with Gasteiger partial charge in [0.1, 0.15) is 18.7 Å². The first kappa shape index (κ1) is 40.0. The third kappa shape index (κ3) is 17.2. The average molecular weight is 623 g/mol. The maximum absolute atomic E-state index is 12.4. The summed E-state index contributed by atoms with van der Waals surface area (Å²) in [5.41, 5.74) is 1.28. The predicted octanol–water partition coefficient (Wildman–Crippen LogP) is 5.53. The summed E-state index contributed by atoms with van der Waals surface area (Å²) < 4.78 is 4.91. The number of anilines is 1. The Kier molecular flexibility index (Phi) is 21.3. The summed E-state index contributed by atoms with van der Waals surface area (Å²) in [6.45, 7) is 13.3. The summed E-state index contributed by atoms with van der Waals surface area (Å²) in [5.74, 6) is -2.27. The molecule has 0 aromatic heterocycles. The first-order chi connectivity index (χ1) is 21.0. The van der Waals surface area contributed by atoms with Crippen LogP contribution >= 0.6 is 0 Å². The number of nitrogens with one attached hydrogen (secondary N) is 3. The minimum atomic E-state index is -0.844. The van der Waals surface area contributed by atoms with Gasteiger partial charge in [0.15, 0.2) is 0 Å². The second-order valence-electron chi connectivity index (χ2n) is 10.2. The van der Waals surface area contributed by atoms with Crippen LogP contribution in [0.15, 0.2) is 36.4 Å². The monoisotopic (exact) mass is 622 g/mol. The molecule has 11 heteroatoms. The molecular formula is C33H58N4O7. The molecular weight excluding hydrogens is 564 g/mol. The molecule has 44 heavy (non-hydrogen) atoms. The number of carbonyl (C=O) groups is 6. The molecule has 1 aromatic rings. The molecule has 1 heterocycles. The van der Waals surface area contributed by atoms with E-state index in [1.807, 2.05) is 13.8 Å². The van der Waals surface area contributed by atoms with E-state index < -0.39 is 23.9 Å². The lowest BCUT2D eigenvalue weighted by molar-refractivity contribution is -0.142. The number of imide groups is 1. The Morgan fingerprint density at radius 2 is 1.34 bits per heavy atom. The van der Waals surface area contributed by atoms with Crippen LogP contribution in [0.5, 0.6) is 0 Å². The highest BCUT2D eigenvalue weighted by Gasteiger charge is 2.23. The van der Waals surface area contributed by atoms with Gasteiger partial charge in [-0.05, 0) is 44.4 Å². The van der Waals surface area contributed by atoms with Crippen molar-refractivity contribution in [3.8, 4) is 0 Å². The number of esters is 1. The molecule has 3 N–H and O–H groups in total. The number of benzene rings is 1. The Balaban J connectivity index is -0.000000754. The van der Waals surface area contributed by atoms with Crippen molar-refractivity contribution in [1.29, 1.82) is 0 Å². The van der Waals surface area contributed by atoms with Gasteiger partial charge < -0.3 is 20.7 Å². The van der Waals surface area contributed by atoms with Crippen LogP contribution in [0, 0.1) is 0 Å². The van der Waals surface area contributed by atoms with Crippen LogP contribution in [0.3, 0.4) is 0 Å². The fourth-order valence-corrected chi connectivity index (χ4v) is 3.79. The van der Waals surface area contributed by atoms with Crippen molar-refractivity contribution in [2.24, 2.45) is 0 Å². The van der Waals surface area contributed by atoms with Crippen molar-refractivity contribution in [1.82, 2.24) is 15.5 Å². The molecule has 11 nitrogen and oxygen atoms in total. The van der Waals surface area contributed by atoms with Gasteiger partial charge in [0, 0.05) is 42.0 Å². The standard InChI is InChI=1S/C25H32N4O7.C6H14.C2H6.3H2/c1-16(26-21(31)7-5-4-6-14-29-22(32)12-13-23(29)33)24(34)27-17(2)25(35)28-20-10-8-19(9-11-20)15-36-18(3)30;1-3-5-6-4-2;1-2;;;/h8-13,16-17H,4-7,14-15H2,1-3H3,(H,26,31)(H,27,34)(H,28,35);3-6H2,1-2H3;1-2H3;3*1H/t16-,17-;;;;;/m0...../s1. The number of carbonyl (C=O) groups excluding carboxylic acids is 6. The smallest absolute Gasteiger partial charge is 0.302 e. The Labute approximate surface area is 267 Å². The summed E-state index contributed by atoms with van der Waals surface area (Å²) in [5, 5.41) is 7.85. The fraction of sp³-hybridized carbons (Fsp3) is 0.576. The number of amides is 5. The second kappa shape index (κ2) is 23.4. The van der Waals surface area contributed by atoms with E-state index in [1.165, 1.54) is 58.6 Å². The molecule has 0 fully saturated rings. The van der Waals surface area contributed by atoms with E-state index in [1.54, 1.807) is 24.3 Å². The summed E-state index contributed by atoms with van der Waals surface area (Å²) in [4.78, 5) is 71.9. The zero-order valence-corrected chi connectivity index (χ0v) is 27.5. The molecule has 0 bridgehead atoms. The third-order valence-corrected chi connectivity index (χ3v) is 6.33. The van der Waals surface area contributed by atoms with E-state index in [0.717, 1.165) is 10.5 Å². The van der Waals surface area contributed by atoms with Crippen molar-refractivity contribution in [2.45, 2.75) is 119 Å². The highest BCUT2D eigenvalue weighted by molar-refractivity contribution is 6.12. The van der Waals surface area contributed by atoms with Gasteiger partial charge in [-0.25, -0.2) is 0 Å². The normalized spacial score (nSPS) is 13.0. The third-order valence-electron chi connectivity index (χ3n) is 6.33. The van der Waals surface area contributed by atoms with E-state index in [0.29, 0.717) is 31.5 Å². The molecule has 0 aliphatic carbocycles. The highest BCUT2D eigenvalue weighted by atomic mass is 16.5. The van der Waals surface area contributed by atoms with Crippen molar-refractivity contribution in [3.63, 3.8) is 0 Å². The Hall–Kier alpha value is -4.02. The first-order valence-electron chi connectivity index (χ1n) is 15.6. The molecule has 2 atom stereocenters. The fourth-order valence-electron chi connectivity index (χ4n) is 3.79. The molecule has 2 rings (SSSR count). The van der Waals surface area contributed by atoms with Crippen LogP contribution in [0.2, 0.25) is 0 Å². The quantitative estimate of drug-likeness (QED) is 0.125. The van der Waals surface area contributed by atoms with Gasteiger partial charge in [0.25, 0.3) is 11.8 Å². The molecule has 0 spiro atoms. The average Bonchev–Trinajstić information content (AvgIpc) is 3.32. The number of hydrogen-bond acceptors (Lipinski definition) is 7. The minimum Gasteiger partial charge on any atom is -0.461 e.